The number of aromatic nitrogens is 1. The van der Waals surface area contributed by atoms with Gasteiger partial charge < -0.3 is 37.5 Å². The van der Waals surface area contributed by atoms with E-state index in [1.54, 1.807) is 13.1 Å². The minimum Gasteiger partial charge on any atom is -0.480 e. The molecule has 4 amide bonds. The molecule has 0 aliphatic heterocycles. The number of fused-ring (bicyclic) bond motifs is 1. The van der Waals surface area contributed by atoms with Gasteiger partial charge in [-0.15, -0.1) is 0 Å². The number of hydrogen-bond acceptors (Lipinski definition) is 6. The molecule has 0 bridgehead atoms. The van der Waals surface area contributed by atoms with Crippen LogP contribution in [-0.2, 0) is 30.4 Å². The molecule has 1 heterocycles. The lowest BCUT2D eigenvalue weighted by molar-refractivity contribution is -0.144. The average molecular weight is 545 g/mol. The molecule has 12 heteroatoms. The Hall–Kier alpha value is -3.93. The van der Waals surface area contributed by atoms with Crippen molar-refractivity contribution in [1.29, 1.82) is 0 Å². The third-order valence-electron chi connectivity index (χ3n) is 6.60. The first kappa shape index (κ1) is 31.3. The summed E-state index contributed by atoms with van der Waals surface area (Å²) in [6.45, 7) is 7.31. The van der Waals surface area contributed by atoms with Gasteiger partial charge in [0.05, 0.1) is 12.5 Å². The molecule has 5 unspecified atom stereocenters. The Morgan fingerprint density at radius 3 is 2.18 bits per heavy atom. The van der Waals surface area contributed by atoms with Crippen molar-refractivity contribution in [2.75, 3.05) is 0 Å². The molecule has 0 aliphatic carbocycles. The van der Waals surface area contributed by atoms with Crippen molar-refractivity contribution in [2.45, 2.75) is 77.5 Å². The third-order valence-corrected chi connectivity index (χ3v) is 6.60. The molecule has 5 atom stereocenters. The van der Waals surface area contributed by atoms with E-state index in [9.17, 15) is 29.1 Å². The number of amides is 4. The Bertz CT molecular complexity index is 1180. The van der Waals surface area contributed by atoms with Gasteiger partial charge in [-0.2, -0.15) is 0 Å². The van der Waals surface area contributed by atoms with Crippen LogP contribution >= 0.6 is 0 Å². The molecule has 9 N–H and O–H groups in total. The lowest BCUT2D eigenvalue weighted by atomic mass is 9.96. The smallest absolute Gasteiger partial charge is 0.326 e. The summed E-state index contributed by atoms with van der Waals surface area (Å²) < 4.78 is 0. The molecule has 2 rings (SSSR count). The minimum absolute atomic E-state index is 0.0220. The summed E-state index contributed by atoms with van der Waals surface area (Å²) in [6, 6.07) is 3.10. The van der Waals surface area contributed by atoms with Crippen molar-refractivity contribution in [3.05, 3.63) is 36.0 Å². The normalized spacial score (nSPS) is 15.1. The van der Waals surface area contributed by atoms with Gasteiger partial charge in [0, 0.05) is 17.1 Å². The number of H-pyrrole nitrogens is 1. The van der Waals surface area contributed by atoms with E-state index >= 15 is 0 Å². The largest absolute Gasteiger partial charge is 0.480 e. The van der Waals surface area contributed by atoms with Crippen LogP contribution in [0, 0.1) is 11.8 Å². The number of nitrogens with two attached hydrogens (primary N) is 2. The molecule has 0 radical (unpaired) electrons. The molecule has 0 spiro atoms. The number of rotatable bonds is 15. The van der Waals surface area contributed by atoms with Crippen LogP contribution in [0.2, 0.25) is 0 Å². The van der Waals surface area contributed by atoms with E-state index in [4.69, 9.17) is 11.5 Å². The van der Waals surface area contributed by atoms with Crippen LogP contribution in [0.3, 0.4) is 0 Å². The number of carboxylic acids is 1. The maximum atomic E-state index is 13.3. The zero-order chi connectivity index (χ0) is 29.3. The van der Waals surface area contributed by atoms with Crippen LogP contribution in [0.25, 0.3) is 10.9 Å². The highest BCUT2D eigenvalue weighted by molar-refractivity contribution is 5.95. The second-order valence-corrected chi connectivity index (χ2v) is 10.3. The van der Waals surface area contributed by atoms with Gasteiger partial charge in [-0.25, -0.2) is 4.79 Å². The Kier molecular flexibility index (Phi) is 11.5. The summed E-state index contributed by atoms with van der Waals surface area (Å²) in [4.78, 5) is 65.2. The van der Waals surface area contributed by atoms with Crippen LogP contribution in [0.4, 0.5) is 0 Å². The highest BCUT2D eigenvalue weighted by Gasteiger charge is 2.33. The minimum atomic E-state index is -1.54. The summed E-state index contributed by atoms with van der Waals surface area (Å²) in [5.74, 6) is -4.56. The molecule has 0 saturated carbocycles. The summed E-state index contributed by atoms with van der Waals surface area (Å²) >= 11 is 0. The number of benzene rings is 1. The Morgan fingerprint density at radius 2 is 1.59 bits per heavy atom. The zero-order valence-electron chi connectivity index (χ0n) is 22.8. The fraction of sp³-hybridized carbons (Fsp3) is 0.519. The van der Waals surface area contributed by atoms with Gasteiger partial charge in [0.1, 0.15) is 18.1 Å². The van der Waals surface area contributed by atoms with Gasteiger partial charge in [0.2, 0.25) is 23.6 Å². The topological polar surface area (TPSA) is 209 Å². The van der Waals surface area contributed by atoms with Gasteiger partial charge in [-0.3, -0.25) is 19.2 Å². The number of carbonyl (C=O) groups excluding carboxylic acids is 4. The molecule has 1 aromatic carbocycles. The van der Waals surface area contributed by atoms with E-state index < -0.39 is 60.2 Å². The summed E-state index contributed by atoms with van der Waals surface area (Å²) in [5, 5.41) is 18.0. The molecule has 214 valence electrons. The van der Waals surface area contributed by atoms with Crippen LogP contribution in [0.15, 0.2) is 30.5 Å². The number of aliphatic carboxylic acids is 1. The molecule has 2 aromatic rings. The van der Waals surface area contributed by atoms with Crippen molar-refractivity contribution < 1.29 is 29.1 Å². The van der Waals surface area contributed by atoms with Gasteiger partial charge in [-0.05, 0) is 36.3 Å². The first-order valence-electron chi connectivity index (χ1n) is 13.1. The Labute approximate surface area is 227 Å². The van der Waals surface area contributed by atoms with Crippen molar-refractivity contribution in [2.24, 2.45) is 23.3 Å². The number of nitrogens with one attached hydrogen (secondary N) is 4. The molecular weight excluding hydrogens is 504 g/mol. The number of primary amides is 1. The van der Waals surface area contributed by atoms with Crippen LogP contribution in [-0.4, -0.2) is 63.9 Å². The average Bonchev–Trinajstić information content (AvgIpc) is 3.27. The first-order chi connectivity index (χ1) is 18.3. The van der Waals surface area contributed by atoms with Crippen molar-refractivity contribution in [1.82, 2.24) is 20.9 Å². The Balaban J connectivity index is 2.15. The standard InChI is InChI=1S/C27H40N6O6/c1-5-15(4)23(26(37)32-21(27(38)39)12-22(29)34)33-25(36)20(10-14(2)3)31-24(35)18(28)11-16-13-30-19-9-7-6-8-17(16)19/h6-9,13-15,18,20-21,23,30H,5,10-12,28H2,1-4H3,(H2,29,34)(H,31,35)(H,32,37)(H,33,36)(H,38,39). The van der Waals surface area contributed by atoms with Crippen LogP contribution in [0.1, 0.15) is 52.5 Å². The van der Waals surface area contributed by atoms with Crippen LogP contribution in [0.5, 0.6) is 0 Å². The lowest BCUT2D eigenvalue weighted by Gasteiger charge is -2.28. The lowest BCUT2D eigenvalue weighted by Crippen LogP contribution is -2.59. The Morgan fingerprint density at radius 1 is 0.949 bits per heavy atom. The highest BCUT2D eigenvalue weighted by atomic mass is 16.4. The molecule has 0 aliphatic rings. The molecule has 0 fully saturated rings. The van der Waals surface area contributed by atoms with Gasteiger partial charge in [-0.1, -0.05) is 52.3 Å². The van der Waals surface area contributed by atoms with E-state index in [1.165, 1.54) is 0 Å². The summed E-state index contributed by atoms with van der Waals surface area (Å²) in [7, 11) is 0. The number of hydrogen-bond donors (Lipinski definition) is 7. The van der Waals surface area contributed by atoms with E-state index in [0.717, 1.165) is 16.5 Å². The fourth-order valence-electron chi connectivity index (χ4n) is 4.23. The van der Waals surface area contributed by atoms with Crippen molar-refractivity contribution >= 4 is 40.5 Å². The van der Waals surface area contributed by atoms with Crippen molar-refractivity contribution in [3.8, 4) is 0 Å². The van der Waals surface area contributed by atoms with Crippen molar-refractivity contribution in [3.63, 3.8) is 0 Å². The maximum Gasteiger partial charge on any atom is 0.326 e. The van der Waals surface area contributed by atoms with Gasteiger partial charge in [0.15, 0.2) is 0 Å². The molecule has 1 aromatic heterocycles. The van der Waals surface area contributed by atoms with E-state index in [2.05, 4.69) is 20.9 Å². The molecule has 39 heavy (non-hydrogen) atoms. The zero-order valence-corrected chi connectivity index (χ0v) is 22.8. The van der Waals surface area contributed by atoms with Gasteiger partial charge >= 0.3 is 5.97 Å². The SMILES string of the molecule is CCC(C)C(NC(=O)C(CC(C)C)NC(=O)C(N)Cc1c[nH]c2ccccc12)C(=O)NC(CC(N)=O)C(=O)O. The second kappa shape index (κ2) is 14.3. The van der Waals surface area contributed by atoms with E-state index in [0.29, 0.717) is 6.42 Å². The van der Waals surface area contributed by atoms with Gasteiger partial charge in [0.25, 0.3) is 0 Å². The monoisotopic (exact) mass is 544 g/mol. The second-order valence-electron chi connectivity index (χ2n) is 10.3. The quantitative estimate of drug-likeness (QED) is 0.169. The maximum absolute atomic E-state index is 13.3. The van der Waals surface area contributed by atoms with Crippen LogP contribution < -0.4 is 27.4 Å². The van der Waals surface area contributed by atoms with E-state index in [-0.39, 0.29) is 24.7 Å². The molecular formula is C27H40N6O6. The number of para-hydroxylation sites is 1. The number of aromatic amines is 1. The highest BCUT2D eigenvalue weighted by Crippen LogP contribution is 2.19. The number of carbonyl (C=O) groups is 5. The molecule has 12 nitrogen and oxygen atoms in total. The number of carboxylic acid groups (broad SMARTS) is 1. The molecule has 0 saturated heterocycles. The predicted octanol–water partition coefficient (Wildman–Crippen LogP) is 0.544. The summed E-state index contributed by atoms with van der Waals surface area (Å²) in [6.07, 6.45) is 2.23. The summed E-state index contributed by atoms with van der Waals surface area (Å²) in [5.41, 5.74) is 13.1. The predicted molar refractivity (Wildman–Crippen MR) is 146 cm³/mol. The fourth-order valence-corrected chi connectivity index (χ4v) is 4.23. The third kappa shape index (κ3) is 9.10. The van der Waals surface area contributed by atoms with E-state index in [1.807, 2.05) is 45.0 Å². The first-order valence-corrected chi connectivity index (χ1v) is 13.1.